The number of thioether (sulfide) groups is 1. The third-order valence-electron chi connectivity index (χ3n) is 7.77. The van der Waals surface area contributed by atoms with Gasteiger partial charge >= 0.3 is 5.97 Å². The maximum Gasteiger partial charge on any atom is 0.303 e. The van der Waals surface area contributed by atoms with Gasteiger partial charge in [0.25, 0.3) is 5.91 Å². The number of carboxylic acids is 1. The second-order valence-electron chi connectivity index (χ2n) is 10.6. The Morgan fingerprint density at radius 1 is 1.14 bits per heavy atom. The molecular formula is C32H31FN4O5S. The second-order valence-corrected chi connectivity index (χ2v) is 12.0. The lowest BCUT2D eigenvalue weighted by Gasteiger charge is -2.33. The molecule has 3 aromatic carbocycles. The molecule has 0 spiro atoms. The van der Waals surface area contributed by atoms with E-state index >= 15 is 0 Å². The fraction of sp³-hybridized carbons (Fsp3) is 0.312. The van der Waals surface area contributed by atoms with Crippen LogP contribution in [0.25, 0.3) is 0 Å². The highest BCUT2D eigenvalue weighted by atomic mass is 32.2. The normalized spacial score (nSPS) is 15.6. The Labute approximate surface area is 253 Å². The number of aliphatic carboxylic acids is 1. The molecule has 0 aliphatic carbocycles. The first-order valence-corrected chi connectivity index (χ1v) is 14.9. The molecule has 2 aliphatic rings. The standard InChI is InChI=1S/C32H31FN4O5S/c33-26-16-21(17-34)6-9-27(26)36-14-12-23(13-15-36)43-22-7-4-20(5-8-22)19-42-29-3-1-2-24-25(29)18-37(32(24)41)28(31(35)40)10-11-30(38)39/h1-9,16,23,28H,10-15,18-19H2,(H2,35,40)(H,38,39)/t28-/m0/s1. The zero-order valence-corrected chi connectivity index (χ0v) is 24.2. The molecule has 1 fully saturated rings. The number of halogens is 1. The van der Waals surface area contributed by atoms with Gasteiger partial charge in [0.2, 0.25) is 5.91 Å². The lowest BCUT2D eigenvalue weighted by Crippen LogP contribution is -2.45. The van der Waals surface area contributed by atoms with Crippen LogP contribution in [-0.2, 0) is 22.7 Å². The number of nitrogens with two attached hydrogens (primary N) is 1. The zero-order chi connectivity index (χ0) is 30.5. The molecule has 43 heavy (non-hydrogen) atoms. The number of amides is 2. The minimum atomic E-state index is -1.06. The van der Waals surface area contributed by atoms with Gasteiger partial charge in [0.15, 0.2) is 0 Å². The average Bonchev–Trinajstić information content (AvgIpc) is 3.33. The summed E-state index contributed by atoms with van der Waals surface area (Å²) in [6.45, 7) is 1.88. The highest BCUT2D eigenvalue weighted by molar-refractivity contribution is 8.00. The molecule has 5 rings (SSSR count). The number of piperidine rings is 1. The van der Waals surface area contributed by atoms with Gasteiger partial charge in [-0.15, -0.1) is 11.8 Å². The molecule has 3 N–H and O–H groups in total. The van der Waals surface area contributed by atoms with Crippen molar-refractivity contribution in [1.29, 1.82) is 5.26 Å². The quantitative estimate of drug-likeness (QED) is 0.322. The predicted octanol–water partition coefficient (Wildman–Crippen LogP) is 4.71. The fourth-order valence-corrected chi connectivity index (χ4v) is 6.61. The number of carbonyl (C=O) groups excluding carboxylic acids is 2. The van der Waals surface area contributed by atoms with E-state index in [1.54, 1.807) is 42.1 Å². The number of carboxylic acid groups (broad SMARTS) is 1. The van der Waals surface area contributed by atoms with E-state index in [0.717, 1.165) is 36.4 Å². The largest absolute Gasteiger partial charge is 0.489 e. The summed E-state index contributed by atoms with van der Waals surface area (Å²) in [5, 5.41) is 18.4. The molecule has 1 saturated heterocycles. The molecule has 9 nitrogen and oxygen atoms in total. The Morgan fingerprint density at radius 2 is 1.88 bits per heavy atom. The van der Waals surface area contributed by atoms with Gasteiger partial charge in [-0.25, -0.2) is 4.39 Å². The SMILES string of the molecule is N#Cc1ccc(N2CCC(Sc3ccc(COc4cccc5c4CN([C@@H](CCC(=O)O)C(N)=O)C5=O)cc3)CC2)c(F)c1. The van der Waals surface area contributed by atoms with Crippen molar-refractivity contribution in [2.24, 2.45) is 5.73 Å². The third-order valence-corrected chi connectivity index (χ3v) is 9.12. The number of fused-ring (bicyclic) bond motifs is 1. The minimum absolute atomic E-state index is 0.0558. The van der Waals surface area contributed by atoms with Crippen molar-refractivity contribution in [1.82, 2.24) is 4.90 Å². The van der Waals surface area contributed by atoms with Crippen molar-refractivity contribution in [3.05, 3.63) is 88.7 Å². The van der Waals surface area contributed by atoms with Gasteiger partial charge in [-0.05, 0) is 67.3 Å². The highest BCUT2D eigenvalue weighted by Gasteiger charge is 2.37. The molecule has 11 heteroatoms. The van der Waals surface area contributed by atoms with Crippen LogP contribution in [0.5, 0.6) is 5.75 Å². The van der Waals surface area contributed by atoms with Crippen LogP contribution in [0, 0.1) is 17.1 Å². The molecule has 0 radical (unpaired) electrons. The number of hydrogen-bond donors (Lipinski definition) is 2. The van der Waals surface area contributed by atoms with Crippen LogP contribution in [0.2, 0.25) is 0 Å². The molecule has 222 valence electrons. The average molecular weight is 603 g/mol. The predicted molar refractivity (Wildman–Crippen MR) is 159 cm³/mol. The summed E-state index contributed by atoms with van der Waals surface area (Å²) in [6.07, 6.45) is 1.50. The Bertz CT molecular complexity index is 1570. The summed E-state index contributed by atoms with van der Waals surface area (Å²) >= 11 is 1.80. The van der Waals surface area contributed by atoms with E-state index in [4.69, 9.17) is 20.8 Å². The van der Waals surface area contributed by atoms with E-state index in [2.05, 4.69) is 12.1 Å². The van der Waals surface area contributed by atoms with Crippen LogP contribution >= 0.6 is 11.8 Å². The number of primary amides is 1. The molecule has 0 bridgehead atoms. The number of nitrogens with zero attached hydrogens (tertiary/aromatic N) is 3. The van der Waals surface area contributed by atoms with Crippen molar-refractivity contribution in [3.8, 4) is 11.8 Å². The number of ether oxygens (including phenoxy) is 1. The summed E-state index contributed by atoms with van der Waals surface area (Å²) < 4.78 is 20.5. The lowest BCUT2D eigenvalue weighted by molar-refractivity contribution is -0.137. The van der Waals surface area contributed by atoms with Gasteiger partial charge in [-0.2, -0.15) is 5.26 Å². The number of rotatable bonds is 11. The van der Waals surface area contributed by atoms with Crippen LogP contribution in [0.15, 0.2) is 65.6 Å². The molecule has 1 atom stereocenters. The van der Waals surface area contributed by atoms with Gasteiger partial charge in [0, 0.05) is 40.8 Å². The number of benzene rings is 3. The smallest absolute Gasteiger partial charge is 0.303 e. The molecule has 0 unspecified atom stereocenters. The molecular weight excluding hydrogens is 571 g/mol. The van der Waals surface area contributed by atoms with E-state index in [-0.39, 0.29) is 37.7 Å². The number of carbonyl (C=O) groups is 3. The van der Waals surface area contributed by atoms with Gasteiger partial charge < -0.3 is 25.4 Å². The van der Waals surface area contributed by atoms with Gasteiger partial charge in [0.1, 0.15) is 24.2 Å². The van der Waals surface area contributed by atoms with E-state index in [9.17, 15) is 18.8 Å². The monoisotopic (exact) mass is 602 g/mol. The fourth-order valence-electron chi connectivity index (χ4n) is 5.49. The Balaban J connectivity index is 1.15. The molecule has 2 amide bonds. The van der Waals surface area contributed by atoms with E-state index in [0.29, 0.717) is 33.4 Å². The number of nitriles is 1. The number of hydrogen-bond acceptors (Lipinski definition) is 7. The maximum atomic E-state index is 14.4. The topological polar surface area (TPSA) is 137 Å². The van der Waals surface area contributed by atoms with Crippen molar-refractivity contribution in [2.45, 2.75) is 55.0 Å². The second kappa shape index (κ2) is 13.2. The summed E-state index contributed by atoms with van der Waals surface area (Å²) in [6, 6.07) is 18.8. The van der Waals surface area contributed by atoms with Crippen LogP contribution in [0.3, 0.4) is 0 Å². The first-order valence-electron chi connectivity index (χ1n) is 14.0. The summed E-state index contributed by atoms with van der Waals surface area (Å²) in [5.41, 5.74) is 8.38. The van der Waals surface area contributed by atoms with Crippen LogP contribution in [0.4, 0.5) is 10.1 Å². The lowest BCUT2D eigenvalue weighted by atomic mass is 10.1. The first kappa shape index (κ1) is 29.9. The zero-order valence-electron chi connectivity index (χ0n) is 23.4. The molecule has 2 aliphatic heterocycles. The highest BCUT2D eigenvalue weighted by Crippen LogP contribution is 2.35. The van der Waals surface area contributed by atoms with Crippen LogP contribution in [0.1, 0.15) is 52.7 Å². The van der Waals surface area contributed by atoms with Crippen molar-refractivity contribution in [2.75, 3.05) is 18.0 Å². The molecule has 3 aromatic rings. The molecule has 2 heterocycles. The van der Waals surface area contributed by atoms with Crippen molar-refractivity contribution in [3.63, 3.8) is 0 Å². The van der Waals surface area contributed by atoms with E-state index in [1.807, 2.05) is 23.1 Å². The van der Waals surface area contributed by atoms with Crippen LogP contribution in [-0.4, -0.2) is 52.2 Å². The Hall–Kier alpha value is -4.56. The third kappa shape index (κ3) is 6.92. The van der Waals surface area contributed by atoms with Gasteiger partial charge in [0.05, 0.1) is 23.9 Å². The van der Waals surface area contributed by atoms with E-state index in [1.165, 1.54) is 11.0 Å². The number of anilines is 1. The van der Waals surface area contributed by atoms with Gasteiger partial charge in [-0.1, -0.05) is 18.2 Å². The summed E-state index contributed by atoms with van der Waals surface area (Å²) in [4.78, 5) is 40.6. The summed E-state index contributed by atoms with van der Waals surface area (Å²) in [7, 11) is 0. The molecule has 0 aromatic heterocycles. The maximum absolute atomic E-state index is 14.4. The van der Waals surface area contributed by atoms with Crippen LogP contribution < -0.4 is 15.4 Å². The first-order chi connectivity index (χ1) is 20.7. The Morgan fingerprint density at radius 3 is 2.53 bits per heavy atom. The van der Waals surface area contributed by atoms with Crippen molar-refractivity contribution >= 4 is 35.2 Å². The minimum Gasteiger partial charge on any atom is -0.489 e. The van der Waals surface area contributed by atoms with E-state index < -0.39 is 17.9 Å². The Kier molecular flexibility index (Phi) is 9.16. The van der Waals surface area contributed by atoms with Gasteiger partial charge in [-0.3, -0.25) is 14.4 Å². The van der Waals surface area contributed by atoms with Crippen molar-refractivity contribution < 1.29 is 28.6 Å². The molecule has 0 saturated carbocycles. The summed E-state index contributed by atoms with van der Waals surface area (Å²) in [5.74, 6) is -2.01.